The van der Waals surface area contributed by atoms with Crippen LogP contribution in [-0.2, 0) is 4.79 Å². The highest BCUT2D eigenvalue weighted by Gasteiger charge is 2.46. The topological polar surface area (TPSA) is 44.1 Å². The molecular weight excluding hydrogens is 269 g/mol. The zero-order valence-corrected chi connectivity index (χ0v) is 11.4. The first kappa shape index (κ1) is 15.1. The lowest BCUT2D eigenvalue weighted by Crippen LogP contribution is -2.49. The van der Waals surface area contributed by atoms with E-state index >= 15 is 0 Å². The Bertz CT molecular complexity index is 400. The van der Waals surface area contributed by atoms with E-state index in [1.165, 1.54) is 4.90 Å². The van der Waals surface area contributed by atoms with Gasteiger partial charge >= 0.3 is 6.18 Å². The molecule has 1 saturated carbocycles. The van der Waals surface area contributed by atoms with E-state index in [-0.39, 0.29) is 31.8 Å². The van der Waals surface area contributed by atoms with Crippen LogP contribution in [0.1, 0.15) is 44.9 Å². The van der Waals surface area contributed by atoms with Crippen molar-refractivity contribution in [3.05, 3.63) is 0 Å². The normalized spacial score (nSPS) is 24.2. The molecule has 0 spiro atoms. The summed E-state index contributed by atoms with van der Waals surface area (Å²) in [4.78, 5) is 14.0. The van der Waals surface area contributed by atoms with Crippen molar-refractivity contribution in [1.29, 1.82) is 5.26 Å². The number of hydrogen-bond acceptors (Lipinski definition) is 2. The number of carbonyl (C=O) groups is 1. The van der Waals surface area contributed by atoms with Gasteiger partial charge in [-0.15, -0.1) is 0 Å². The Morgan fingerprint density at radius 2 is 1.70 bits per heavy atom. The second-order valence-electron chi connectivity index (χ2n) is 5.86. The van der Waals surface area contributed by atoms with Crippen molar-refractivity contribution >= 4 is 5.91 Å². The SMILES string of the molecule is N#CC1(C(=O)N2CCC(C(F)(F)F)CC2)CCCCC1. The van der Waals surface area contributed by atoms with Crippen LogP contribution < -0.4 is 0 Å². The van der Waals surface area contributed by atoms with Crippen molar-refractivity contribution in [3.63, 3.8) is 0 Å². The van der Waals surface area contributed by atoms with E-state index in [9.17, 15) is 23.2 Å². The van der Waals surface area contributed by atoms with Crippen LogP contribution in [0.2, 0.25) is 0 Å². The molecule has 20 heavy (non-hydrogen) atoms. The lowest BCUT2D eigenvalue weighted by atomic mass is 9.74. The van der Waals surface area contributed by atoms with E-state index in [1.807, 2.05) is 0 Å². The second-order valence-corrected chi connectivity index (χ2v) is 5.86. The van der Waals surface area contributed by atoms with E-state index < -0.39 is 17.5 Å². The summed E-state index contributed by atoms with van der Waals surface area (Å²) in [5.74, 6) is -1.56. The fourth-order valence-electron chi connectivity index (χ4n) is 3.24. The minimum Gasteiger partial charge on any atom is -0.341 e. The Morgan fingerprint density at radius 1 is 1.15 bits per heavy atom. The number of halogens is 3. The lowest BCUT2D eigenvalue weighted by molar-refractivity contribution is -0.187. The van der Waals surface area contributed by atoms with Crippen molar-refractivity contribution in [2.24, 2.45) is 11.3 Å². The van der Waals surface area contributed by atoms with Gasteiger partial charge in [-0.25, -0.2) is 0 Å². The molecule has 0 aromatic carbocycles. The van der Waals surface area contributed by atoms with Crippen LogP contribution >= 0.6 is 0 Å². The largest absolute Gasteiger partial charge is 0.391 e. The van der Waals surface area contributed by atoms with Gasteiger partial charge in [0, 0.05) is 13.1 Å². The highest BCUT2D eigenvalue weighted by atomic mass is 19.4. The molecule has 1 heterocycles. The predicted molar refractivity (Wildman–Crippen MR) is 66.5 cm³/mol. The molecular formula is C14H19F3N2O. The molecule has 0 bridgehead atoms. The number of amides is 1. The third-order valence-corrected chi connectivity index (χ3v) is 4.58. The van der Waals surface area contributed by atoms with E-state index in [0.717, 1.165) is 19.3 Å². The maximum atomic E-state index is 12.6. The molecule has 6 heteroatoms. The van der Waals surface area contributed by atoms with E-state index in [4.69, 9.17) is 0 Å². The molecule has 2 aliphatic rings. The van der Waals surface area contributed by atoms with Crippen molar-refractivity contribution in [2.45, 2.75) is 51.1 Å². The van der Waals surface area contributed by atoms with Crippen molar-refractivity contribution in [2.75, 3.05) is 13.1 Å². The fraction of sp³-hybridized carbons (Fsp3) is 0.857. The third kappa shape index (κ3) is 2.92. The van der Waals surface area contributed by atoms with Crippen LogP contribution in [0.15, 0.2) is 0 Å². The molecule has 2 fully saturated rings. The van der Waals surface area contributed by atoms with Gasteiger partial charge in [-0.2, -0.15) is 18.4 Å². The smallest absolute Gasteiger partial charge is 0.341 e. The van der Waals surface area contributed by atoms with Gasteiger partial charge in [0.25, 0.3) is 0 Å². The Morgan fingerprint density at radius 3 is 2.15 bits per heavy atom. The van der Waals surface area contributed by atoms with Crippen LogP contribution in [0.3, 0.4) is 0 Å². The number of likely N-dealkylation sites (tertiary alicyclic amines) is 1. The van der Waals surface area contributed by atoms with Gasteiger partial charge in [-0.05, 0) is 25.7 Å². The van der Waals surface area contributed by atoms with Gasteiger partial charge in [0.05, 0.1) is 12.0 Å². The number of carbonyl (C=O) groups excluding carboxylic acids is 1. The number of hydrogen-bond donors (Lipinski definition) is 0. The molecule has 1 aliphatic heterocycles. The number of piperidine rings is 1. The maximum Gasteiger partial charge on any atom is 0.391 e. The monoisotopic (exact) mass is 288 g/mol. The molecule has 0 radical (unpaired) electrons. The first-order valence-electron chi connectivity index (χ1n) is 7.16. The fourth-order valence-corrected chi connectivity index (χ4v) is 3.24. The van der Waals surface area contributed by atoms with E-state index in [0.29, 0.717) is 12.8 Å². The average molecular weight is 288 g/mol. The summed E-state index contributed by atoms with van der Waals surface area (Å²) < 4.78 is 37.8. The number of alkyl halides is 3. The minimum absolute atomic E-state index is 0.0449. The zero-order chi connectivity index (χ0) is 14.8. The molecule has 1 aliphatic carbocycles. The van der Waals surface area contributed by atoms with Crippen LogP contribution in [0.5, 0.6) is 0 Å². The highest BCUT2D eigenvalue weighted by Crippen LogP contribution is 2.40. The number of nitrogens with zero attached hydrogens (tertiary/aromatic N) is 2. The van der Waals surface area contributed by atoms with E-state index in [2.05, 4.69) is 6.07 Å². The second kappa shape index (κ2) is 5.63. The Hall–Kier alpha value is -1.25. The van der Waals surface area contributed by atoms with Gasteiger partial charge in [-0.1, -0.05) is 19.3 Å². The summed E-state index contributed by atoms with van der Waals surface area (Å²) in [7, 11) is 0. The van der Waals surface area contributed by atoms with Crippen LogP contribution in [0, 0.1) is 22.7 Å². The van der Waals surface area contributed by atoms with Crippen molar-refractivity contribution in [3.8, 4) is 6.07 Å². The summed E-state index contributed by atoms with van der Waals surface area (Å²) in [5.41, 5.74) is -0.983. The van der Waals surface area contributed by atoms with Crippen LogP contribution in [0.4, 0.5) is 13.2 Å². The molecule has 112 valence electrons. The summed E-state index contributed by atoms with van der Waals surface area (Å²) >= 11 is 0. The number of nitriles is 1. The minimum atomic E-state index is -4.17. The molecule has 1 saturated heterocycles. The Labute approximate surface area is 116 Å². The lowest BCUT2D eigenvalue weighted by Gasteiger charge is -2.38. The first-order chi connectivity index (χ1) is 9.39. The summed E-state index contributed by atoms with van der Waals surface area (Å²) in [5, 5.41) is 9.35. The molecule has 0 aromatic rings. The average Bonchev–Trinajstić information content (AvgIpc) is 2.46. The molecule has 3 nitrogen and oxygen atoms in total. The predicted octanol–water partition coefficient (Wildman–Crippen LogP) is 3.26. The number of rotatable bonds is 1. The molecule has 0 atom stereocenters. The maximum absolute atomic E-state index is 12.6. The van der Waals surface area contributed by atoms with Gasteiger partial charge < -0.3 is 4.90 Å². The Balaban J connectivity index is 1.99. The van der Waals surface area contributed by atoms with Gasteiger partial charge in [0.15, 0.2) is 0 Å². The third-order valence-electron chi connectivity index (χ3n) is 4.58. The van der Waals surface area contributed by atoms with Crippen molar-refractivity contribution in [1.82, 2.24) is 4.90 Å². The molecule has 1 amide bonds. The summed E-state index contributed by atoms with van der Waals surface area (Å²) in [6.07, 6.45) is -0.465. The van der Waals surface area contributed by atoms with E-state index in [1.54, 1.807) is 0 Å². The quantitative estimate of drug-likeness (QED) is 0.743. The first-order valence-corrected chi connectivity index (χ1v) is 7.16. The summed E-state index contributed by atoms with van der Waals surface area (Å²) in [6.45, 7) is 0.235. The standard InChI is InChI=1S/C14H19F3N2O/c15-14(16,17)11-4-8-19(9-5-11)12(20)13(10-18)6-2-1-3-7-13/h11H,1-9H2. The van der Waals surface area contributed by atoms with Gasteiger partial charge in [0.1, 0.15) is 5.41 Å². The van der Waals surface area contributed by atoms with Crippen LogP contribution in [0.25, 0.3) is 0 Å². The van der Waals surface area contributed by atoms with Crippen LogP contribution in [-0.4, -0.2) is 30.1 Å². The van der Waals surface area contributed by atoms with Crippen molar-refractivity contribution < 1.29 is 18.0 Å². The molecule has 0 unspecified atom stereocenters. The molecule has 0 N–H and O–H groups in total. The molecule has 0 aromatic heterocycles. The highest BCUT2D eigenvalue weighted by molar-refractivity contribution is 5.85. The summed E-state index contributed by atoms with van der Waals surface area (Å²) in [6, 6.07) is 2.14. The zero-order valence-electron chi connectivity index (χ0n) is 11.4. The Kier molecular flexibility index (Phi) is 4.26. The van der Waals surface area contributed by atoms with Gasteiger partial charge in [0.2, 0.25) is 5.91 Å². The van der Waals surface area contributed by atoms with Gasteiger partial charge in [-0.3, -0.25) is 4.79 Å². The molecule has 2 rings (SSSR count).